The van der Waals surface area contributed by atoms with Crippen molar-refractivity contribution in [1.29, 1.82) is 0 Å². The molecule has 0 aliphatic heterocycles. The van der Waals surface area contributed by atoms with Gasteiger partial charge in [0, 0.05) is 10.6 Å². The predicted octanol–water partition coefficient (Wildman–Crippen LogP) is 4.57. The Labute approximate surface area is 184 Å². The van der Waals surface area contributed by atoms with E-state index < -0.39 is 6.04 Å². The van der Waals surface area contributed by atoms with Crippen LogP contribution in [0.1, 0.15) is 25.8 Å². The van der Waals surface area contributed by atoms with Crippen molar-refractivity contribution in [3.05, 3.63) is 65.2 Å². The Balaban J connectivity index is 1.66. The molecular weight excluding hydrogens is 420 g/mol. The van der Waals surface area contributed by atoms with Crippen LogP contribution < -0.4 is 10.6 Å². The van der Waals surface area contributed by atoms with E-state index in [1.165, 1.54) is 11.3 Å². The van der Waals surface area contributed by atoms with Crippen LogP contribution in [-0.2, 0) is 16.0 Å². The van der Waals surface area contributed by atoms with Gasteiger partial charge in [0.1, 0.15) is 11.0 Å². The van der Waals surface area contributed by atoms with Gasteiger partial charge < -0.3 is 5.32 Å². The lowest BCUT2D eigenvalue weighted by molar-refractivity contribution is -0.127. The first-order chi connectivity index (χ1) is 14.5. The number of amides is 2. The molecule has 2 atom stereocenters. The van der Waals surface area contributed by atoms with Gasteiger partial charge in [0.15, 0.2) is 0 Å². The van der Waals surface area contributed by atoms with E-state index in [-0.39, 0.29) is 24.2 Å². The molecule has 3 aromatic rings. The maximum atomic E-state index is 12.9. The Hall–Kier alpha value is -2.77. The van der Waals surface area contributed by atoms with Gasteiger partial charge in [-0.3, -0.25) is 14.9 Å². The second-order valence-corrected chi connectivity index (χ2v) is 8.42. The summed E-state index contributed by atoms with van der Waals surface area (Å²) in [5, 5.41) is 15.6. The lowest BCUT2D eigenvalue weighted by atomic mass is 9.98. The summed E-state index contributed by atoms with van der Waals surface area (Å²) in [5.74, 6) is -0.529. The van der Waals surface area contributed by atoms with Gasteiger partial charge in [0.05, 0.1) is 6.42 Å². The smallest absolute Gasteiger partial charge is 0.249 e. The van der Waals surface area contributed by atoms with Crippen LogP contribution >= 0.6 is 22.9 Å². The van der Waals surface area contributed by atoms with E-state index in [1.54, 1.807) is 12.1 Å². The number of nitrogens with zero attached hydrogens (tertiary/aromatic N) is 2. The second kappa shape index (κ2) is 10.3. The highest BCUT2D eigenvalue weighted by Gasteiger charge is 2.27. The van der Waals surface area contributed by atoms with Gasteiger partial charge >= 0.3 is 0 Å². The summed E-state index contributed by atoms with van der Waals surface area (Å²) in [6.07, 6.45) is 0.969. The first kappa shape index (κ1) is 21.9. The Bertz CT molecular complexity index is 992. The van der Waals surface area contributed by atoms with Crippen molar-refractivity contribution in [3.63, 3.8) is 0 Å². The molecule has 0 spiro atoms. The molecule has 0 saturated carbocycles. The number of halogens is 1. The molecule has 8 heteroatoms. The molecule has 0 fully saturated rings. The van der Waals surface area contributed by atoms with Gasteiger partial charge in [-0.2, -0.15) is 0 Å². The molecule has 0 radical (unpaired) electrons. The van der Waals surface area contributed by atoms with Crippen molar-refractivity contribution in [2.45, 2.75) is 32.7 Å². The third kappa shape index (κ3) is 5.87. The standard InChI is InChI=1S/C22H23ClN4O2S/c1-3-14(2)19(24-18(28)13-15-7-5-4-6-8-15)20(29)25-22-27-26-21(30-22)16-9-11-17(23)12-10-16/h4-12,14,19H,3,13H2,1-2H3,(H,24,28)(H,25,27,29)/t14-,19-/m1/s1. The summed E-state index contributed by atoms with van der Waals surface area (Å²) in [6, 6.07) is 16.0. The minimum atomic E-state index is -0.658. The number of nitrogens with one attached hydrogen (secondary N) is 2. The summed E-state index contributed by atoms with van der Waals surface area (Å²) in [4.78, 5) is 25.4. The highest BCUT2D eigenvalue weighted by atomic mass is 35.5. The zero-order valence-electron chi connectivity index (χ0n) is 16.8. The van der Waals surface area contributed by atoms with Gasteiger partial charge in [0.25, 0.3) is 0 Å². The summed E-state index contributed by atoms with van der Waals surface area (Å²) < 4.78 is 0. The Morgan fingerprint density at radius 3 is 2.43 bits per heavy atom. The minimum Gasteiger partial charge on any atom is -0.344 e. The minimum absolute atomic E-state index is 0.0339. The summed E-state index contributed by atoms with van der Waals surface area (Å²) in [7, 11) is 0. The first-order valence-corrected chi connectivity index (χ1v) is 10.9. The average molecular weight is 443 g/mol. The topological polar surface area (TPSA) is 84.0 Å². The van der Waals surface area contributed by atoms with Crippen molar-refractivity contribution in [2.75, 3.05) is 5.32 Å². The molecule has 30 heavy (non-hydrogen) atoms. The van der Waals surface area contributed by atoms with Gasteiger partial charge in [-0.05, 0) is 23.6 Å². The lowest BCUT2D eigenvalue weighted by Gasteiger charge is -2.23. The van der Waals surface area contributed by atoms with Crippen molar-refractivity contribution in [3.8, 4) is 10.6 Å². The molecule has 0 aliphatic carbocycles. The third-order valence-electron chi connectivity index (χ3n) is 4.77. The molecule has 2 aromatic carbocycles. The molecule has 0 unspecified atom stereocenters. The van der Waals surface area contributed by atoms with E-state index in [1.807, 2.05) is 56.3 Å². The van der Waals surface area contributed by atoms with Crippen LogP contribution in [-0.4, -0.2) is 28.1 Å². The van der Waals surface area contributed by atoms with Gasteiger partial charge in [-0.25, -0.2) is 0 Å². The SMILES string of the molecule is CC[C@@H](C)[C@@H](NC(=O)Cc1ccccc1)C(=O)Nc1nnc(-c2ccc(Cl)cc2)s1. The Morgan fingerprint density at radius 2 is 1.77 bits per heavy atom. The third-order valence-corrected chi connectivity index (χ3v) is 5.91. The van der Waals surface area contributed by atoms with Crippen molar-refractivity contribution < 1.29 is 9.59 Å². The van der Waals surface area contributed by atoms with Crippen molar-refractivity contribution >= 4 is 39.9 Å². The van der Waals surface area contributed by atoms with E-state index in [0.29, 0.717) is 15.2 Å². The number of benzene rings is 2. The number of hydrogen-bond donors (Lipinski definition) is 2. The molecule has 156 valence electrons. The number of hydrogen-bond acceptors (Lipinski definition) is 5. The Morgan fingerprint density at radius 1 is 1.07 bits per heavy atom. The van der Waals surface area contributed by atoms with Crippen LogP contribution in [0.5, 0.6) is 0 Å². The maximum absolute atomic E-state index is 12.9. The first-order valence-electron chi connectivity index (χ1n) is 9.70. The molecule has 1 heterocycles. The fourth-order valence-corrected chi connectivity index (χ4v) is 3.75. The predicted molar refractivity (Wildman–Crippen MR) is 121 cm³/mol. The molecular formula is C22H23ClN4O2S. The quantitative estimate of drug-likeness (QED) is 0.535. The molecule has 2 amide bonds. The van der Waals surface area contributed by atoms with E-state index in [0.717, 1.165) is 17.5 Å². The highest BCUT2D eigenvalue weighted by molar-refractivity contribution is 7.18. The number of carbonyl (C=O) groups excluding carboxylic acids is 2. The monoisotopic (exact) mass is 442 g/mol. The number of anilines is 1. The summed E-state index contributed by atoms with van der Waals surface area (Å²) >= 11 is 7.19. The van der Waals surface area contributed by atoms with E-state index >= 15 is 0 Å². The van der Waals surface area contributed by atoms with Crippen LogP contribution in [0, 0.1) is 5.92 Å². The molecule has 1 aromatic heterocycles. The largest absolute Gasteiger partial charge is 0.344 e. The number of rotatable bonds is 8. The number of carbonyl (C=O) groups is 2. The van der Waals surface area contributed by atoms with E-state index in [2.05, 4.69) is 20.8 Å². The molecule has 0 saturated heterocycles. The molecule has 6 nitrogen and oxygen atoms in total. The zero-order valence-corrected chi connectivity index (χ0v) is 18.3. The van der Waals surface area contributed by atoms with Crippen LogP contribution in [0.2, 0.25) is 5.02 Å². The van der Waals surface area contributed by atoms with E-state index in [4.69, 9.17) is 11.6 Å². The maximum Gasteiger partial charge on any atom is 0.249 e. The molecule has 0 aliphatic rings. The van der Waals surface area contributed by atoms with Crippen LogP contribution in [0.4, 0.5) is 5.13 Å². The van der Waals surface area contributed by atoms with Crippen molar-refractivity contribution in [2.24, 2.45) is 5.92 Å². The fraction of sp³-hybridized carbons (Fsp3) is 0.273. The molecule has 3 rings (SSSR count). The van der Waals surface area contributed by atoms with Crippen molar-refractivity contribution in [1.82, 2.24) is 15.5 Å². The van der Waals surface area contributed by atoms with Crippen LogP contribution in [0.25, 0.3) is 10.6 Å². The van der Waals surface area contributed by atoms with Gasteiger partial charge in [0.2, 0.25) is 16.9 Å². The second-order valence-electron chi connectivity index (χ2n) is 7.00. The zero-order chi connectivity index (χ0) is 21.5. The van der Waals surface area contributed by atoms with Gasteiger partial charge in [-0.15, -0.1) is 10.2 Å². The van der Waals surface area contributed by atoms with Crippen LogP contribution in [0.15, 0.2) is 54.6 Å². The summed E-state index contributed by atoms with van der Waals surface area (Å²) in [6.45, 7) is 3.92. The Kier molecular flexibility index (Phi) is 7.54. The summed E-state index contributed by atoms with van der Waals surface area (Å²) in [5.41, 5.74) is 1.77. The van der Waals surface area contributed by atoms with Crippen LogP contribution in [0.3, 0.4) is 0 Å². The van der Waals surface area contributed by atoms with Gasteiger partial charge in [-0.1, -0.05) is 85.7 Å². The average Bonchev–Trinajstić information content (AvgIpc) is 3.21. The molecule has 0 bridgehead atoms. The lowest BCUT2D eigenvalue weighted by Crippen LogP contribution is -2.48. The fourth-order valence-electron chi connectivity index (χ4n) is 2.87. The normalized spacial score (nSPS) is 12.8. The highest BCUT2D eigenvalue weighted by Crippen LogP contribution is 2.27. The molecule has 2 N–H and O–H groups in total. The van der Waals surface area contributed by atoms with E-state index in [9.17, 15) is 9.59 Å². The number of aromatic nitrogens is 2.